The maximum absolute atomic E-state index is 13.9. The molecule has 2 aromatic carbocycles. The number of carbonyl (C=O) groups is 2. The number of anilines is 1. The van der Waals surface area contributed by atoms with Gasteiger partial charge in [-0.25, -0.2) is 8.78 Å². The lowest BCUT2D eigenvalue weighted by Crippen LogP contribution is -2.17. The lowest BCUT2D eigenvalue weighted by Gasteiger charge is -2.09. The maximum atomic E-state index is 13.9. The Morgan fingerprint density at radius 3 is 2.32 bits per heavy atom. The number of amides is 1. The first-order valence-corrected chi connectivity index (χ1v) is 11.6. The zero-order valence-corrected chi connectivity index (χ0v) is 20.7. The zero-order valence-electron chi connectivity index (χ0n) is 16.9. The van der Waals surface area contributed by atoms with Gasteiger partial charge in [0, 0.05) is 33.3 Å². The molecule has 1 saturated carbocycles. The molecule has 1 amide bonds. The second-order valence-electron chi connectivity index (χ2n) is 7.70. The summed E-state index contributed by atoms with van der Waals surface area (Å²) in [7, 11) is 0. The van der Waals surface area contributed by atoms with Crippen molar-refractivity contribution in [2.45, 2.75) is 16.7 Å². The van der Waals surface area contributed by atoms with Crippen LogP contribution in [0.2, 0.25) is 15.1 Å². The number of rotatable bonds is 6. The lowest BCUT2D eigenvalue weighted by atomic mass is 10.0. The molecule has 2 unspecified atom stereocenters. The van der Waals surface area contributed by atoms with Crippen LogP contribution in [0.25, 0.3) is 0 Å². The van der Waals surface area contributed by atoms with Gasteiger partial charge in [-0.1, -0.05) is 34.8 Å². The minimum atomic E-state index is -1.38. The number of Topliss-reactive ketones (excluding diaryl/α,β-unsaturated/α-hetero) is 1. The molecule has 0 spiro atoms. The SMILES string of the molecule is O=C(Cc1ncc(F)cc1F)c1cc(NC(=O)C2C(c3cc(Cl)cc(Cl)c3)C2(Cl)Cl)ccc1Cl. The molecule has 0 saturated heterocycles. The normalized spacial score (nSPS) is 18.4. The number of benzene rings is 2. The molecule has 1 aromatic heterocycles. The molecule has 4 rings (SSSR count). The fourth-order valence-corrected chi connectivity index (χ4v) is 5.27. The van der Waals surface area contributed by atoms with Crippen LogP contribution in [0, 0.1) is 17.6 Å². The van der Waals surface area contributed by atoms with E-state index in [-0.39, 0.29) is 22.0 Å². The van der Waals surface area contributed by atoms with Crippen LogP contribution in [0.4, 0.5) is 14.5 Å². The molecule has 0 bridgehead atoms. The van der Waals surface area contributed by atoms with Crippen molar-refractivity contribution in [3.05, 3.63) is 92.2 Å². The van der Waals surface area contributed by atoms with Crippen LogP contribution < -0.4 is 5.32 Å². The summed E-state index contributed by atoms with van der Waals surface area (Å²) in [5.41, 5.74) is 0.668. The molecule has 1 aliphatic rings. The standard InChI is InChI=1S/C23H13Cl5F2N2O2/c24-11-3-10(4-12(25)5-11)20-21(23(20,27)28)22(34)32-14-1-2-16(26)15(7-14)19(33)8-18-17(30)6-13(29)9-31-18/h1-7,9,20-21H,8H2,(H,32,34). The van der Waals surface area contributed by atoms with Gasteiger partial charge in [0.2, 0.25) is 5.91 Å². The summed E-state index contributed by atoms with van der Waals surface area (Å²) in [6.07, 6.45) is 0.365. The van der Waals surface area contributed by atoms with Crippen molar-refractivity contribution >= 4 is 75.4 Å². The van der Waals surface area contributed by atoms with Crippen LogP contribution in [0.5, 0.6) is 0 Å². The number of nitrogens with zero attached hydrogens (tertiary/aromatic N) is 1. The third-order valence-corrected chi connectivity index (χ3v) is 7.03. The smallest absolute Gasteiger partial charge is 0.231 e. The fourth-order valence-electron chi connectivity index (χ4n) is 3.68. The molecule has 0 aliphatic heterocycles. The predicted molar refractivity (Wildman–Crippen MR) is 129 cm³/mol. The van der Waals surface area contributed by atoms with Gasteiger partial charge >= 0.3 is 0 Å². The molecule has 11 heteroatoms. The number of aromatic nitrogens is 1. The molecule has 1 fully saturated rings. The third-order valence-electron chi connectivity index (χ3n) is 5.33. The van der Waals surface area contributed by atoms with E-state index in [9.17, 15) is 18.4 Å². The molecule has 3 aromatic rings. The van der Waals surface area contributed by atoms with Crippen LogP contribution >= 0.6 is 58.0 Å². The molecular formula is C23H13Cl5F2N2O2. The Labute approximate surface area is 218 Å². The van der Waals surface area contributed by atoms with Crippen molar-refractivity contribution in [3.63, 3.8) is 0 Å². The van der Waals surface area contributed by atoms with Gasteiger partial charge in [0.15, 0.2) is 5.78 Å². The summed E-state index contributed by atoms with van der Waals surface area (Å²) in [6, 6.07) is 9.70. The first kappa shape index (κ1) is 25.1. The number of alkyl halides is 2. The number of nitrogens with one attached hydrogen (secondary N) is 1. The van der Waals surface area contributed by atoms with Crippen molar-refractivity contribution in [3.8, 4) is 0 Å². The van der Waals surface area contributed by atoms with E-state index in [1.807, 2.05) is 0 Å². The lowest BCUT2D eigenvalue weighted by molar-refractivity contribution is -0.117. The van der Waals surface area contributed by atoms with Gasteiger partial charge in [0.05, 0.1) is 29.3 Å². The minimum absolute atomic E-state index is 0.0296. The quantitative estimate of drug-likeness (QED) is 0.253. The van der Waals surface area contributed by atoms with Crippen molar-refractivity contribution in [1.82, 2.24) is 4.98 Å². The van der Waals surface area contributed by atoms with Gasteiger partial charge in [0.1, 0.15) is 16.0 Å². The number of hydrogen-bond acceptors (Lipinski definition) is 3. The van der Waals surface area contributed by atoms with Gasteiger partial charge < -0.3 is 5.32 Å². The number of carbonyl (C=O) groups excluding carboxylic acids is 2. The van der Waals surface area contributed by atoms with Gasteiger partial charge in [-0.2, -0.15) is 0 Å². The van der Waals surface area contributed by atoms with E-state index in [2.05, 4.69) is 10.3 Å². The average Bonchev–Trinajstić information content (AvgIpc) is 3.33. The highest BCUT2D eigenvalue weighted by molar-refractivity contribution is 6.53. The number of hydrogen-bond donors (Lipinski definition) is 1. The third kappa shape index (κ3) is 5.16. The molecule has 2 atom stereocenters. The van der Waals surface area contributed by atoms with Crippen molar-refractivity contribution in [1.29, 1.82) is 0 Å². The van der Waals surface area contributed by atoms with E-state index in [4.69, 9.17) is 58.0 Å². The second-order valence-corrected chi connectivity index (χ2v) is 10.4. The van der Waals surface area contributed by atoms with Crippen molar-refractivity contribution in [2.24, 2.45) is 5.92 Å². The highest BCUT2D eigenvalue weighted by Crippen LogP contribution is 2.65. The molecule has 1 aliphatic carbocycles. The minimum Gasteiger partial charge on any atom is -0.326 e. The van der Waals surface area contributed by atoms with Crippen LogP contribution in [-0.2, 0) is 11.2 Å². The molecule has 1 N–H and O–H groups in total. The predicted octanol–water partition coefficient (Wildman–Crippen LogP) is 7.27. The summed E-state index contributed by atoms with van der Waals surface area (Å²) >= 11 is 31.0. The summed E-state index contributed by atoms with van der Waals surface area (Å²) < 4.78 is 25.6. The van der Waals surface area contributed by atoms with Crippen LogP contribution in [0.1, 0.15) is 27.5 Å². The van der Waals surface area contributed by atoms with Crippen LogP contribution in [0.15, 0.2) is 48.7 Å². The molecule has 34 heavy (non-hydrogen) atoms. The fraction of sp³-hybridized carbons (Fsp3) is 0.174. The van der Waals surface area contributed by atoms with E-state index in [1.54, 1.807) is 18.2 Å². The van der Waals surface area contributed by atoms with E-state index < -0.39 is 45.9 Å². The van der Waals surface area contributed by atoms with Gasteiger partial charge in [0.25, 0.3) is 0 Å². The highest BCUT2D eigenvalue weighted by atomic mass is 35.5. The van der Waals surface area contributed by atoms with Gasteiger partial charge in [-0.3, -0.25) is 14.6 Å². The van der Waals surface area contributed by atoms with E-state index in [0.717, 1.165) is 6.20 Å². The van der Waals surface area contributed by atoms with Crippen molar-refractivity contribution in [2.75, 3.05) is 5.32 Å². The molecule has 1 heterocycles. The van der Waals surface area contributed by atoms with Crippen LogP contribution in [-0.4, -0.2) is 21.0 Å². The summed E-state index contributed by atoms with van der Waals surface area (Å²) in [5.74, 6) is -4.22. The number of pyridine rings is 1. The Morgan fingerprint density at radius 1 is 1.00 bits per heavy atom. The van der Waals surface area contributed by atoms with E-state index in [0.29, 0.717) is 21.7 Å². The van der Waals surface area contributed by atoms with Crippen LogP contribution in [0.3, 0.4) is 0 Å². The average molecular weight is 565 g/mol. The topological polar surface area (TPSA) is 59.1 Å². The molecular weight excluding hydrogens is 552 g/mol. The monoisotopic (exact) mass is 562 g/mol. The summed E-state index contributed by atoms with van der Waals surface area (Å²) in [6.45, 7) is 0. The molecule has 0 radical (unpaired) electrons. The Balaban J connectivity index is 1.52. The van der Waals surface area contributed by atoms with E-state index in [1.165, 1.54) is 18.2 Å². The van der Waals surface area contributed by atoms with Crippen molar-refractivity contribution < 1.29 is 18.4 Å². The summed E-state index contributed by atoms with van der Waals surface area (Å²) in [4.78, 5) is 29.2. The number of ketones is 1. The second kappa shape index (κ2) is 9.59. The summed E-state index contributed by atoms with van der Waals surface area (Å²) in [5, 5.41) is 3.52. The number of halogens is 7. The first-order chi connectivity index (χ1) is 16.0. The van der Waals surface area contributed by atoms with Gasteiger partial charge in [-0.15, -0.1) is 23.2 Å². The largest absolute Gasteiger partial charge is 0.326 e. The highest BCUT2D eigenvalue weighted by Gasteiger charge is 2.67. The van der Waals surface area contributed by atoms with Gasteiger partial charge in [-0.05, 0) is 42.0 Å². The first-order valence-electron chi connectivity index (χ1n) is 9.74. The maximum Gasteiger partial charge on any atom is 0.231 e. The Hall–Kier alpha value is -1.96. The Kier molecular flexibility index (Phi) is 7.09. The van der Waals surface area contributed by atoms with E-state index >= 15 is 0 Å². The Morgan fingerprint density at radius 2 is 1.68 bits per heavy atom. The zero-order chi connectivity index (χ0) is 24.8. The Bertz CT molecular complexity index is 1300. The molecule has 176 valence electrons. The molecule has 4 nitrogen and oxygen atoms in total.